The largest absolute Gasteiger partial charge is 0.483 e. The van der Waals surface area contributed by atoms with E-state index in [0.717, 1.165) is 48.4 Å². The molecule has 0 bridgehead atoms. The number of aromatic nitrogens is 1. The van der Waals surface area contributed by atoms with Crippen LogP contribution in [0.1, 0.15) is 42.7 Å². The summed E-state index contributed by atoms with van der Waals surface area (Å²) in [5.41, 5.74) is 3.11. The van der Waals surface area contributed by atoms with Gasteiger partial charge in [0.25, 0.3) is 5.91 Å². The maximum atomic E-state index is 12.7. The van der Waals surface area contributed by atoms with E-state index in [1.54, 1.807) is 30.4 Å². The molecule has 0 saturated heterocycles. The number of anilines is 1. The molecule has 1 aliphatic carbocycles. The lowest BCUT2D eigenvalue weighted by Crippen LogP contribution is -2.36. The van der Waals surface area contributed by atoms with Gasteiger partial charge in [-0.05, 0) is 62.6 Å². The second kappa shape index (κ2) is 10.7. The molecule has 4 rings (SSSR count). The Bertz CT molecular complexity index is 1260. The summed E-state index contributed by atoms with van der Waals surface area (Å²) in [6.07, 6.45) is 5.02. The Labute approximate surface area is 204 Å². The number of benzene rings is 2. The van der Waals surface area contributed by atoms with E-state index < -0.39 is 10.0 Å². The summed E-state index contributed by atoms with van der Waals surface area (Å²) >= 11 is 1.58. The third-order valence-corrected chi connectivity index (χ3v) is 8.10. The van der Waals surface area contributed by atoms with Crippen LogP contribution in [-0.2, 0) is 14.8 Å². The summed E-state index contributed by atoms with van der Waals surface area (Å²) < 4.78 is 34.0. The van der Waals surface area contributed by atoms with Gasteiger partial charge in [0.1, 0.15) is 5.75 Å². The van der Waals surface area contributed by atoms with Gasteiger partial charge in [0.15, 0.2) is 6.61 Å². The molecular weight excluding hydrogens is 470 g/mol. The number of nitrogens with zero attached hydrogens (tertiary/aromatic N) is 1. The molecule has 7 nitrogen and oxygen atoms in total. The van der Waals surface area contributed by atoms with Crippen molar-refractivity contribution in [2.45, 2.75) is 56.9 Å². The maximum absolute atomic E-state index is 12.7. The van der Waals surface area contributed by atoms with Crippen LogP contribution in [0.5, 0.6) is 5.75 Å². The molecule has 2 N–H and O–H groups in total. The van der Waals surface area contributed by atoms with Crippen LogP contribution < -0.4 is 14.8 Å². The molecular formula is C25H29N3O4S2. The highest BCUT2D eigenvalue weighted by molar-refractivity contribution is 7.89. The third-order valence-electron chi connectivity index (χ3n) is 5.80. The van der Waals surface area contributed by atoms with Crippen molar-refractivity contribution in [2.24, 2.45) is 0 Å². The summed E-state index contributed by atoms with van der Waals surface area (Å²) in [5.74, 6) is 0.167. The molecule has 1 aromatic heterocycles. The van der Waals surface area contributed by atoms with E-state index in [0.29, 0.717) is 17.0 Å². The average molecular weight is 500 g/mol. The van der Waals surface area contributed by atoms with Crippen LogP contribution in [-0.4, -0.2) is 32.0 Å². The average Bonchev–Trinajstić information content (AvgIpc) is 3.25. The first-order valence-electron chi connectivity index (χ1n) is 11.4. The normalized spacial score (nSPS) is 14.6. The number of aryl methyl sites for hydroxylation is 2. The number of ether oxygens (including phenoxy) is 1. The second-order valence-electron chi connectivity index (χ2n) is 8.55. The molecule has 34 heavy (non-hydrogen) atoms. The number of hydrogen-bond acceptors (Lipinski definition) is 6. The molecule has 1 fully saturated rings. The van der Waals surface area contributed by atoms with E-state index in [-0.39, 0.29) is 23.5 Å². The van der Waals surface area contributed by atoms with Crippen LogP contribution in [0.4, 0.5) is 5.69 Å². The number of amides is 1. The molecule has 3 aromatic rings. The first-order valence-corrected chi connectivity index (χ1v) is 13.7. The van der Waals surface area contributed by atoms with Crippen LogP contribution in [0.25, 0.3) is 11.3 Å². The Morgan fingerprint density at radius 1 is 1.12 bits per heavy atom. The van der Waals surface area contributed by atoms with E-state index in [1.807, 2.05) is 36.6 Å². The van der Waals surface area contributed by atoms with Gasteiger partial charge in [-0.25, -0.2) is 18.1 Å². The minimum Gasteiger partial charge on any atom is -0.483 e. The van der Waals surface area contributed by atoms with E-state index in [2.05, 4.69) is 15.0 Å². The van der Waals surface area contributed by atoms with Crippen LogP contribution in [0, 0.1) is 13.8 Å². The van der Waals surface area contributed by atoms with Crippen molar-refractivity contribution in [3.05, 3.63) is 58.4 Å². The molecule has 1 aliphatic rings. The Morgan fingerprint density at radius 2 is 1.91 bits per heavy atom. The second-order valence-corrected chi connectivity index (χ2v) is 11.3. The standard InChI is InChI=1S/C25H29N3O4S2/c1-17-13-22(34(30,31)28-20-8-4-3-5-9-20)11-12-24(17)32-15-25(29)27-21-10-6-7-19(14-21)23-16-33-18(2)26-23/h6-7,10-14,16,20,28H,3-5,8-9,15H2,1-2H3,(H,27,29). The van der Waals surface area contributed by atoms with Gasteiger partial charge in [0.05, 0.1) is 15.6 Å². The van der Waals surface area contributed by atoms with Gasteiger partial charge < -0.3 is 10.1 Å². The lowest BCUT2D eigenvalue weighted by Gasteiger charge is -2.22. The van der Waals surface area contributed by atoms with Gasteiger partial charge in [-0.1, -0.05) is 31.4 Å². The zero-order chi connectivity index (χ0) is 24.1. The molecule has 1 amide bonds. The SMILES string of the molecule is Cc1nc(-c2cccc(NC(=O)COc3ccc(S(=O)(=O)NC4CCCCC4)cc3C)c2)cs1. The van der Waals surface area contributed by atoms with Crippen molar-refractivity contribution >= 4 is 33.0 Å². The van der Waals surface area contributed by atoms with Crippen molar-refractivity contribution in [1.29, 1.82) is 0 Å². The van der Waals surface area contributed by atoms with E-state index in [4.69, 9.17) is 4.74 Å². The summed E-state index contributed by atoms with van der Waals surface area (Å²) in [5, 5.41) is 5.80. The Morgan fingerprint density at radius 3 is 2.62 bits per heavy atom. The summed E-state index contributed by atoms with van der Waals surface area (Å²) in [7, 11) is -3.59. The van der Waals surface area contributed by atoms with E-state index in [9.17, 15) is 13.2 Å². The van der Waals surface area contributed by atoms with Crippen molar-refractivity contribution in [1.82, 2.24) is 9.71 Å². The smallest absolute Gasteiger partial charge is 0.262 e. The van der Waals surface area contributed by atoms with Crippen LogP contribution in [0.2, 0.25) is 0 Å². The fraction of sp³-hybridized carbons (Fsp3) is 0.360. The molecule has 0 spiro atoms. The van der Waals surface area contributed by atoms with E-state index in [1.165, 1.54) is 6.07 Å². The molecule has 0 unspecified atom stereocenters. The van der Waals surface area contributed by atoms with E-state index >= 15 is 0 Å². The number of carbonyl (C=O) groups is 1. The van der Waals surface area contributed by atoms with Crippen LogP contribution in [0.3, 0.4) is 0 Å². The van der Waals surface area contributed by atoms with Crippen LogP contribution >= 0.6 is 11.3 Å². The van der Waals surface area contributed by atoms with Crippen molar-refractivity contribution in [3.63, 3.8) is 0 Å². The lowest BCUT2D eigenvalue weighted by atomic mass is 9.96. The van der Waals surface area contributed by atoms with Gasteiger partial charge in [-0.15, -0.1) is 11.3 Å². The molecule has 0 radical (unpaired) electrons. The Hall–Kier alpha value is -2.75. The van der Waals surface area contributed by atoms with Gasteiger partial charge in [0, 0.05) is 22.7 Å². The summed E-state index contributed by atoms with van der Waals surface area (Å²) in [6, 6.07) is 12.2. The summed E-state index contributed by atoms with van der Waals surface area (Å²) in [6.45, 7) is 3.54. The van der Waals surface area contributed by atoms with Crippen molar-refractivity contribution in [3.8, 4) is 17.0 Å². The number of thiazole rings is 1. The maximum Gasteiger partial charge on any atom is 0.262 e. The molecule has 0 aliphatic heterocycles. The lowest BCUT2D eigenvalue weighted by molar-refractivity contribution is -0.118. The number of hydrogen-bond donors (Lipinski definition) is 2. The predicted octanol–water partition coefficient (Wildman–Crippen LogP) is 5.06. The number of carbonyl (C=O) groups excluding carboxylic acids is 1. The van der Waals surface area contributed by atoms with Gasteiger partial charge in [-0.2, -0.15) is 0 Å². The first-order chi connectivity index (χ1) is 16.3. The van der Waals surface area contributed by atoms with Gasteiger partial charge in [0.2, 0.25) is 10.0 Å². The topological polar surface area (TPSA) is 97.4 Å². The van der Waals surface area contributed by atoms with Gasteiger partial charge >= 0.3 is 0 Å². The zero-order valence-electron chi connectivity index (χ0n) is 19.3. The summed E-state index contributed by atoms with van der Waals surface area (Å²) in [4.78, 5) is 17.1. The fourth-order valence-corrected chi connectivity index (χ4v) is 6.06. The third kappa shape index (κ3) is 6.22. The highest BCUT2D eigenvalue weighted by Gasteiger charge is 2.22. The van der Waals surface area contributed by atoms with Crippen molar-refractivity contribution in [2.75, 3.05) is 11.9 Å². The Kier molecular flexibility index (Phi) is 7.65. The molecule has 9 heteroatoms. The zero-order valence-corrected chi connectivity index (χ0v) is 21.0. The number of rotatable bonds is 8. The molecule has 180 valence electrons. The highest BCUT2D eigenvalue weighted by Crippen LogP contribution is 2.26. The van der Waals surface area contributed by atoms with Gasteiger partial charge in [-0.3, -0.25) is 4.79 Å². The van der Waals surface area contributed by atoms with Crippen LogP contribution in [0.15, 0.2) is 52.7 Å². The molecule has 0 atom stereocenters. The first kappa shape index (κ1) is 24.4. The fourth-order valence-electron chi connectivity index (χ4n) is 4.05. The monoisotopic (exact) mass is 499 g/mol. The quantitative estimate of drug-likeness (QED) is 0.452. The van der Waals surface area contributed by atoms with Crippen molar-refractivity contribution < 1.29 is 17.9 Å². The Balaban J connectivity index is 1.35. The molecule has 1 heterocycles. The minimum atomic E-state index is -3.59. The highest BCUT2D eigenvalue weighted by atomic mass is 32.2. The predicted molar refractivity (Wildman–Crippen MR) is 135 cm³/mol. The minimum absolute atomic E-state index is 0.00304. The molecule has 2 aromatic carbocycles. The number of nitrogens with one attached hydrogen (secondary N) is 2. The number of sulfonamides is 1. The molecule has 1 saturated carbocycles.